The van der Waals surface area contributed by atoms with Crippen LogP contribution in [-0.4, -0.2) is 29.1 Å². The average Bonchev–Trinajstić information content (AvgIpc) is 2.66. The van der Waals surface area contributed by atoms with Crippen LogP contribution in [0, 0.1) is 5.92 Å². The third kappa shape index (κ3) is 4.91. The van der Waals surface area contributed by atoms with E-state index in [-0.39, 0.29) is 25.9 Å². The topological polar surface area (TPSA) is 75.6 Å². The van der Waals surface area contributed by atoms with E-state index in [0.29, 0.717) is 0 Å². The number of hydrogen-bond acceptors (Lipinski definition) is 3. The summed E-state index contributed by atoms with van der Waals surface area (Å²) in [6.45, 7) is -0.0112. The molecule has 7 heteroatoms. The molecule has 1 aliphatic rings. The first-order valence-corrected chi connectivity index (χ1v) is 7.46. The third-order valence-corrected chi connectivity index (χ3v) is 3.99. The number of carboxylic acids is 1. The standard InChI is InChI=1S/C16H19F2NO4/c17-16(18)9-8-12(14(20)21)6-7-13(16)19-15(22)23-10-11-4-2-1-3-5-11/h1-5,12-13H,6-10H2,(H,19,22)(H,20,21)/t12-,13-/m1/s1. The van der Waals surface area contributed by atoms with E-state index in [2.05, 4.69) is 5.32 Å². The number of alkyl carbamates (subject to hydrolysis) is 1. The van der Waals surface area contributed by atoms with Crippen molar-refractivity contribution < 1.29 is 28.2 Å². The van der Waals surface area contributed by atoms with Gasteiger partial charge in [-0.1, -0.05) is 30.3 Å². The predicted octanol–water partition coefficient (Wildman–Crippen LogP) is 3.19. The average molecular weight is 327 g/mol. The summed E-state index contributed by atoms with van der Waals surface area (Å²) in [5.41, 5.74) is 0.751. The van der Waals surface area contributed by atoms with Gasteiger partial charge < -0.3 is 15.2 Å². The van der Waals surface area contributed by atoms with Crippen molar-refractivity contribution in [3.63, 3.8) is 0 Å². The second-order valence-electron chi connectivity index (χ2n) is 5.67. The molecule has 0 saturated heterocycles. The van der Waals surface area contributed by atoms with E-state index in [0.717, 1.165) is 5.56 Å². The number of rotatable bonds is 4. The molecule has 0 aromatic heterocycles. The summed E-state index contributed by atoms with van der Waals surface area (Å²) in [5.74, 6) is -5.02. The Kier molecular flexibility index (Phi) is 5.52. The van der Waals surface area contributed by atoms with E-state index in [1.54, 1.807) is 24.3 Å². The summed E-state index contributed by atoms with van der Waals surface area (Å²) in [4.78, 5) is 22.7. The van der Waals surface area contributed by atoms with Crippen LogP contribution in [0.15, 0.2) is 30.3 Å². The lowest BCUT2D eigenvalue weighted by molar-refractivity contribution is -0.142. The first-order valence-electron chi connectivity index (χ1n) is 7.46. The highest BCUT2D eigenvalue weighted by molar-refractivity contribution is 5.70. The number of carboxylic acid groups (broad SMARTS) is 1. The van der Waals surface area contributed by atoms with Crippen LogP contribution in [-0.2, 0) is 16.1 Å². The molecule has 126 valence electrons. The fourth-order valence-corrected chi connectivity index (χ4v) is 2.60. The minimum absolute atomic E-state index is 0.0112. The zero-order chi connectivity index (χ0) is 16.9. The van der Waals surface area contributed by atoms with Crippen LogP contribution in [0.2, 0.25) is 0 Å². The zero-order valence-corrected chi connectivity index (χ0v) is 12.5. The molecule has 1 saturated carbocycles. The molecule has 0 aliphatic heterocycles. The smallest absolute Gasteiger partial charge is 0.407 e. The van der Waals surface area contributed by atoms with Crippen molar-refractivity contribution in [1.29, 1.82) is 0 Å². The number of amides is 1. The number of hydrogen-bond donors (Lipinski definition) is 2. The second-order valence-corrected chi connectivity index (χ2v) is 5.67. The summed E-state index contributed by atoms with van der Waals surface area (Å²) >= 11 is 0. The Bertz CT molecular complexity index is 550. The molecular formula is C16H19F2NO4. The number of ether oxygens (including phenoxy) is 1. The van der Waals surface area contributed by atoms with Gasteiger partial charge >= 0.3 is 12.1 Å². The summed E-state index contributed by atoms with van der Waals surface area (Å²) in [7, 11) is 0. The van der Waals surface area contributed by atoms with Crippen molar-refractivity contribution in [1.82, 2.24) is 5.32 Å². The fourth-order valence-electron chi connectivity index (χ4n) is 2.60. The Morgan fingerprint density at radius 1 is 1.22 bits per heavy atom. The van der Waals surface area contributed by atoms with Gasteiger partial charge in [-0.15, -0.1) is 0 Å². The molecule has 0 bridgehead atoms. The lowest BCUT2D eigenvalue weighted by Crippen LogP contribution is -2.47. The molecule has 1 aliphatic carbocycles. The van der Waals surface area contributed by atoms with Gasteiger partial charge in [-0.3, -0.25) is 4.79 Å². The number of carbonyl (C=O) groups excluding carboxylic acids is 1. The van der Waals surface area contributed by atoms with E-state index in [4.69, 9.17) is 9.84 Å². The fraction of sp³-hybridized carbons (Fsp3) is 0.500. The van der Waals surface area contributed by atoms with Gasteiger partial charge in [-0.2, -0.15) is 0 Å². The second kappa shape index (κ2) is 7.39. The molecule has 2 atom stereocenters. The van der Waals surface area contributed by atoms with E-state index in [1.807, 2.05) is 6.07 Å². The maximum atomic E-state index is 14.0. The van der Waals surface area contributed by atoms with Crippen molar-refractivity contribution in [2.45, 2.75) is 44.3 Å². The summed E-state index contributed by atoms with van der Waals surface area (Å²) in [5, 5.41) is 11.1. The lowest BCUT2D eigenvalue weighted by Gasteiger charge is -2.25. The largest absolute Gasteiger partial charge is 0.481 e. The highest BCUT2D eigenvalue weighted by Gasteiger charge is 2.44. The van der Waals surface area contributed by atoms with Gasteiger partial charge in [0.2, 0.25) is 0 Å². The van der Waals surface area contributed by atoms with Gasteiger partial charge in [0.05, 0.1) is 12.0 Å². The van der Waals surface area contributed by atoms with Crippen molar-refractivity contribution in [3.05, 3.63) is 35.9 Å². The summed E-state index contributed by atoms with van der Waals surface area (Å²) < 4.78 is 33.0. The molecule has 1 aromatic carbocycles. The molecule has 0 radical (unpaired) electrons. The van der Waals surface area contributed by atoms with Crippen molar-refractivity contribution in [2.75, 3.05) is 0 Å². The molecule has 0 unspecified atom stereocenters. The predicted molar refractivity (Wildman–Crippen MR) is 78.1 cm³/mol. The van der Waals surface area contributed by atoms with E-state index in [9.17, 15) is 18.4 Å². The van der Waals surface area contributed by atoms with Crippen molar-refractivity contribution >= 4 is 12.1 Å². The molecule has 1 aromatic rings. The summed E-state index contributed by atoms with van der Waals surface area (Å²) in [6, 6.07) is 7.48. The molecule has 0 heterocycles. The highest BCUT2D eigenvalue weighted by Crippen LogP contribution is 2.35. The zero-order valence-electron chi connectivity index (χ0n) is 12.5. The van der Waals surface area contributed by atoms with Gasteiger partial charge in [0, 0.05) is 6.42 Å². The van der Waals surface area contributed by atoms with Gasteiger partial charge in [0.15, 0.2) is 0 Å². The maximum absolute atomic E-state index is 14.0. The molecule has 2 rings (SSSR count). The van der Waals surface area contributed by atoms with Crippen molar-refractivity contribution in [2.24, 2.45) is 5.92 Å². The third-order valence-electron chi connectivity index (χ3n) is 3.99. The monoisotopic (exact) mass is 327 g/mol. The molecule has 2 N–H and O–H groups in total. The van der Waals surface area contributed by atoms with Crippen molar-refractivity contribution in [3.8, 4) is 0 Å². The quantitative estimate of drug-likeness (QED) is 0.833. The maximum Gasteiger partial charge on any atom is 0.407 e. The molecule has 5 nitrogen and oxygen atoms in total. The molecule has 23 heavy (non-hydrogen) atoms. The van der Waals surface area contributed by atoms with Crippen LogP contribution in [0.25, 0.3) is 0 Å². The van der Waals surface area contributed by atoms with E-state index < -0.39 is 36.4 Å². The molecular weight excluding hydrogens is 308 g/mol. The van der Waals surface area contributed by atoms with Crippen LogP contribution in [0.5, 0.6) is 0 Å². The van der Waals surface area contributed by atoms with Gasteiger partial charge in [0.25, 0.3) is 5.92 Å². The number of carbonyl (C=O) groups is 2. The van der Waals surface area contributed by atoms with Gasteiger partial charge in [0.1, 0.15) is 6.61 Å². The minimum atomic E-state index is -3.14. The van der Waals surface area contributed by atoms with Crippen LogP contribution in [0.4, 0.5) is 13.6 Å². The van der Waals surface area contributed by atoms with Crippen LogP contribution < -0.4 is 5.32 Å². The van der Waals surface area contributed by atoms with Crippen LogP contribution >= 0.6 is 0 Å². The Morgan fingerprint density at radius 3 is 2.57 bits per heavy atom. The number of aliphatic carboxylic acids is 1. The number of nitrogens with one attached hydrogen (secondary N) is 1. The molecule has 1 amide bonds. The summed E-state index contributed by atoms with van der Waals surface area (Å²) in [6.07, 6.45) is -1.57. The highest BCUT2D eigenvalue weighted by atomic mass is 19.3. The number of benzene rings is 1. The lowest BCUT2D eigenvalue weighted by atomic mass is 10.0. The number of halogens is 2. The Balaban J connectivity index is 1.89. The Labute approximate surface area is 132 Å². The Morgan fingerprint density at radius 2 is 1.91 bits per heavy atom. The minimum Gasteiger partial charge on any atom is -0.481 e. The van der Waals surface area contributed by atoms with E-state index >= 15 is 0 Å². The van der Waals surface area contributed by atoms with Gasteiger partial charge in [-0.05, 0) is 24.8 Å². The normalized spacial score (nSPS) is 23.6. The number of alkyl halides is 2. The first kappa shape index (κ1) is 17.2. The SMILES string of the molecule is O=C(N[C@@H]1CC[C@@H](C(=O)O)CCC1(F)F)OCc1ccccc1. The van der Waals surface area contributed by atoms with Crippen LogP contribution in [0.3, 0.4) is 0 Å². The first-order chi connectivity index (χ1) is 10.9. The molecule has 0 spiro atoms. The molecule has 1 fully saturated rings. The van der Waals surface area contributed by atoms with Crippen LogP contribution in [0.1, 0.15) is 31.2 Å². The van der Waals surface area contributed by atoms with E-state index in [1.165, 1.54) is 0 Å². The van der Waals surface area contributed by atoms with Gasteiger partial charge in [-0.25, -0.2) is 13.6 Å². The Hall–Kier alpha value is -2.18.